The van der Waals surface area contributed by atoms with Crippen molar-refractivity contribution in [2.45, 2.75) is 39.0 Å². The largest absolute Gasteiger partial charge is 0.376 e. The van der Waals surface area contributed by atoms with Crippen molar-refractivity contribution in [3.63, 3.8) is 0 Å². The molecule has 0 spiro atoms. The summed E-state index contributed by atoms with van der Waals surface area (Å²) in [5, 5.41) is 5.88. The van der Waals surface area contributed by atoms with Crippen molar-refractivity contribution >= 4 is 23.4 Å². The normalized spacial score (nSPS) is 18.6. The highest BCUT2D eigenvalue weighted by atomic mass is 35.5. The third-order valence-electron chi connectivity index (χ3n) is 5.54. The molecule has 1 heterocycles. The van der Waals surface area contributed by atoms with Crippen molar-refractivity contribution in [2.75, 3.05) is 26.2 Å². The van der Waals surface area contributed by atoms with E-state index >= 15 is 0 Å². The van der Waals surface area contributed by atoms with Crippen LogP contribution >= 0.6 is 11.6 Å². The first-order valence-electron chi connectivity index (χ1n) is 10.7. The van der Waals surface area contributed by atoms with E-state index in [0.717, 1.165) is 5.56 Å². The van der Waals surface area contributed by atoms with Crippen LogP contribution in [0.15, 0.2) is 42.5 Å². The lowest BCUT2D eigenvalue weighted by Gasteiger charge is -2.38. The molecule has 2 N–H and O–H groups in total. The van der Waals surface area contributed by atoms with Gasteiger partial charge in [0.1, 0.15) is 11.9 Å². The van der Waals surface area contributed by atoms with Gasteiger partial charge in [0, 0.05) is 35.8 Å². The third kappa shape index (κ3) is 6.06. The lowest BCUT2D eigenvalue weighted by atomic mass is 10.0. The van der Waals surface area contributed by atoms with Gasteiger partial charge in [-0.15, -0.1) is 0 Å². The monoisotopic (exact) mass is 461 g/mol. The van der Waals surface area contributed by atoms with Crippen LogP contribution in [0.4, 0.5) is 4.39 Å². The molecule has 1 aliphatic rings. The summed E-state index contributed by atoms with van der Waals surface area (Å²) in [6.07, 6.45) is -0.0139. The fourth-order valence-electron chi connectivity index (χ4n) is 3.85. The van der Waals surface area contributed by atoms with E-state index in [2.05, 4.69) is 15.5 Å². The number of aryl methyl sites for hydroxylation is 1. The average molecular weight is 462 g/mol. The molecule has 6 nitrogen and oxygen atoms in total. The molecule has 0 saturated carbocycles. The first-order chi connectivity index (χ1) is 15.3. The summed E-state index contributed by atoms with van der Waals surface area (Å²) in [4.78, 5) is 27.3. The molecular formula is C24H29ClFN3O3. The molecule has 1 fully saturated rings. The number of amides is 2. The molecule has 0 radical (unpaired) electrons. The topological polar surface area (TPSA) is 70.7 Å². The van der Waals surface area contributed by atoms with Gasteiger partial charge in [-0.2, -0.15) is 0 Å². The number of ether oxygens (including phenoxy) is 1. The van der Waals surface area contributed by atoms with E-state index < -0.39 is 17.9 Å². The maximum Gasteiger partial charge on any atom is 0.251 e. The highest BCUT2D eigenvalue weighted by Gasteiger charge is 2.30. The summed E-state index contributed by atoms with van der Waals surface area (Å²) < 4.78 is 20.3. The molecule has 2 amide bonds. The zero-order chi connectivity index (χ0) is 23.3. The Morgan fingerprint density at radius 1 is 1.28 bits per heavy atom. The Bertz CT molecular complexity index is 951. The van der Waals surface area contributed by atoms with Crippen molar-refractivity contribution in [1.29, 1.82) is 0 Å². The van der Waals surface area contributed by atoms with Crippen LogP contribution in [-0.4, -0.2) is 55.1 Å². The maximum atomic E-state index is 14.7. The number of morpholine rings is 1. The molecule has 0 aliphatic carbocycles. The zero-order valence-corrected chi connectivity index (χ0v) is 19.3. The lowest BCUT2D eigenvalue weighted by Crippen LogP contribution is -2.50. The summed E-state index contributed by atoms with van der Waals surface area (Å²) in [5.74, 6) is -1.10. The first kappa shape index (κ1) is 24.2. The minimum Gasteiger partial charge on any atom is -0.376 e. The van der Waals surface area contributed by atoms with Crippen molar-refractivity contribution in [3.8, 4) is 0 Å². The second kappa shape index (κ2) is 10.9. The molecule has 1 saturated heterocycles. The first-order valence-corrected chi connectivity index (χ1v) is 11.1. The van der Waals surface area contributed by atoms with E-state index in [9.17, 15) is 14.0 Å². The van der Waals surface area contributed by atoms with Gasteiger partial charge in [0.2, 0.25) is 5.91 Å². The van der Waals surface area contributed by atoms with E-state index in [1.54, 1.807) is 37.3 Å². The summed E-state index contributed by atoms with van der Waals surface area (Å²) in [6.45, 7) is 7.31. The van der Waals surface area contributed by atoms with Crippen LogP contribution in [0.25, 0.3) is 0 Å². The van der Waals surface area contributed by atoms with E-state index in [4.69, 9.17) is 16.3 Å². The van der Waals surface area contributed by atoms with Crippen LogP contribution in [0.5, 0.6) is 0 Å². The van der Waals surface area contributed by atoms with E-state index in [-0.39, 0.29) is 24.5 Å². The summed E-state index contributed by atoms with van der Waals surface area (Å²) >= 11 is 6.34. The van der Waals surface area contributed by atoms with Gasteiger partial charge in [-0.1, -0.05) is 35.4 Å². The van der Waals surface area contributed by atoms with Gasteiger partial charge in [-0.3, -0.25) is 14.5 Å². The molecule has 172 valence electrons. The van der Waals surface area contributed by atoms with Gasteiger partial charge in [0.05, 0.1) is 18.8 Å². The molecule has 0 bridgehead atoms. The Morgan fingerprint density at radius 2 is 2.03 bits per heavy atom. The molecule has 8 heteroatoms. The van der Waals surface area contributed by atoms with Crippen LogP contribution in [0.2, 0.25) is 5.02 Å². The Labute approximate surface area is 193 Å². The van der Waals surface area contributed by atoms with Gasteiger partial charge < -0.3 is 15.4 Å². The zero-order valence-electron chi connectivity index (χ0n) is 18.5. The lowest BCUT2D eigenvalue weighted by molar-refractivity contribution is -0.123. The number of hydrogen-bond acceptors (Lipinski definition) is 4. The predicted molar refractivity (Wildman–Crippen MR) is 122 cm³/mol. The quantitative estimate of drug-likeness (QED) is 0.662. The van der Waals surface area contributed by atoms with Crippen molar-refractivity contribution in [3.05, 3.63) is 70.0 Å². The molecule has 1 aliphatic heterocycles. The van der Waals surface area contributed by atoms with Crippen molar-refractivity contribution in [1.82, 2.24) is 15.5 Å². The fraction of sp³-hybridized carbons (Fsp3) is 0.417. The van der Waals surface area contributed by atoms with Gasteiger partial charge in [0.25, 0.3) is 5.91 Å². The highest BCUT2D eigenvalue weighted by molar-refractivity contribution is 6.31. The van der Waals surface area contributed by atoms with Crippen molar-refractivity contribution in [2.24, 2.45) is 0 Å². The van der Waals surface area contributed by atoms with Gasteiger partial charge in [-0.25, -0.2) is 4.39 Å². The van der Waals surface area contributed by atoms with Crippen LogP contribution in [0.3, 0.4) is 0 Å². The minimum absolute atomic E-state index is 0.0139. The Balaban J connectivity index is 1.69. The Kier molecular flexibility index (Phi) is 8.23. The predicted octanol–water partition coefficient (Wildman–Crippen LogP) is 3.48. The Hall–Kier alpha value is -2.48. The molecule has 3 unspecified atom stereocenters. The summed E-state index contributed by atoms with van der Waals surface area (Å²) in [7, 11) is 0. The fourth-order valence-corrected chi connectivity index (χ4v) is 4.14. The smallest absolute Gasteiger partial charge is 0.251 e. The van der Waals surface area contributed by atoms with Gasteiger partial charge in [0.15, 0.2) is 0 Å². The number of rotatable bonds is 7. The molecule has 32 heavy (non-hydrogen) atoms. The van der Waals surface area contributed by atoms with Crippen LogP contribution in [0, 0.1) is 12.7 Å². The third-order valence-corrected chi connectivity index (χ3v) is 5.87. The van der Waals surface area contributed by atoms with Gasteiger partial charge in [-0.05, 0) is 45.0 Å². The van der Waals surface area contributed by atoms with E-state index in [0.29, 0.717) is 35.8 Å². The van der Waals surface area contributed by atoms with Crippen LogP contribution in [-0.2, 0) is 9.53 Å². The number of carbonyl (C=O) groups is 2. The average Bonchev–Trinajstić information content (AvgIpc) is 2.75. The van der Waals surface area contributed by atoms with Crippen molar-refractivity contribution < 1.29 is 18.7 Å². The SMILES string of the molecule is Cc1cccc(C(=O)NC(C)C(=O)NCC(c2c(F)cccc2Cl)N2CCOC(C)C2)c1. The number of halogens is 2. The molecule has 3 atom stereocenters. The van der Waals surface area contributed by atoms with Gasteiger partial charge >= 0.3 is 0 Å². The molecular weight excluding hydrogens is 433 g/mol. The molecule has 2 aromatic carbocycles. The second-order valence-electron chi connectivity index (χ2n) is 8.14. The summed E-state index contributed by atoms with van der Waals surface area (Å²) in [6, 6.07) is 10.5. The molecule has 3 rings (SSSR count). The number of nitrogens with one attached hydrogen (secondary N) is 2. The number of nitrogens with zero attached hydrogens (tertiary/aromatic N) is 1. The number of carbonyl (C=O) groups excluding carboxylic acids is 2. The number of benzene rings is 2. The van der Waals surface area contributed by atoms with Crippen LogP contribution in [0.1, 0.15) is 41.4 Å². The maximum absolute atomic E-state index is 14.7. The van der Waals surface area contributed by atoms with E-state index in [1.165, 1.54) is 6.07 Å². The van der Waals surface area contributed by atoms with E-state index in [1.807, 2.05) is 19.9 Å². The number of hydrogen-bond donors (Lipinski definition) is 2. The minimum atomic E-state index is -0.761. The molecule has 0 aromatic heterocycles. The van der Waals surface area contributed by atoms with Crippen LogP contribution < -0.4 is 10.6 Å². The molecule has 2 aromatic rings. The standard InChI is InChI=1S/C24H29ClFN3O3/c1-15-6-4-7-18(12-15)24(31)28-17(3)23(30)27-13-21(29-10-11-32-16(2)14-29)22-19(25)8-5-9-20(22)26/h4-9,12,16-17,21H,10-11,13-14H2,1-3H3,(H,27,30)(H,28,31). The Morgan fingerprint density at radius 3 is 2.72 bits per heavy atom. The summed E-state index contributed by atoms with van der Waals surface area (Å²) in [5.41, 5.74) is 1.79. The second-order valence-corrected chi connectivity index (χ2v) is 8.54. The highest BCUT2D eigenvalue weighted by Crippen LogP contribution is 2.31.